The number of halogens is 2. The first kappa shape index (κ1) is 19.8. The van der Waals surface area contributed by atoms with Crippen LogP contribution in [0.5, 0.6) is 0 Å². The van der Waals surface area contributed by atoms with E-state index in [-0.39, 0.29) is 21.6 Å². The Balaban J connectivity index is 2.19. The first-order valence-corrected chi connectivity index (χ1v) is 10.1. The zero-order chi connectivity index (χ0) is 18.4. The van der Waals surface area contributed by atoms with Gasteiger partial charge in [-0.2, -0.15) is 0 Å². The number of nitrogens with zero attached hydrogens (tertiary/aromatic N) is 3. The second kappa shape index (κ2) is 8.69. The average molecular weight is 403 g/mol. The fourth-order valence-electron chi connectivity index (χ4n) is 2.26. The van der Waals surface area contributed by atoms with Gasteiger partial charge in [-0.3, -0.25) is 0 Å². The third-order valence-electron chi connectivity index (χ3n) is 3.25. The van der Waals surface area contributed by atoms with E-state index < -0.39 is 10.0 Å². The van der Waals surface area contributed by atoms with E-state index in [1.165, 1.54) is 24.5 Å². The van der Waals surface area contributed by atoms with E-state index in [0.717, 1.165) is 5.69 Å². The van der Waals surface area contributed by atoms with Crippen molar-refractivity contribution in [2.24, 2.45) is 0 Å². The highest BCUT2D eigenvalue weighted by molar-refractivity contribution is 7.92. The van der Waals surface area contributed by atoms with Crippen LogP contribution in [0.3, 0.4) is 0 Å². The summed E-state index contributed by atoms with van der Waals surface area (Å²) in [6.45, 7) is 5.02. The molecule has 136 valence electrons. The first-order valence-electron chi connectivity index (χ1n) is 7.71. The van der Waals surface area contributed by atoms with E-state index in [2.05, 4.69) is 14.7 Å². The first-order chi connectivity index (χ1) is 11.8. The molecule has 1 aromatic heterocycles. The van der Waals surface area contributed by atoms with Crippen molar-refractivity contribution in [3.05, 3.63) is 42.7 Å². The molecule has 9 heteroatoms. The molecule has 2 atom stereocenters. The molecule has 6 nitrogen and oxygen atoms in total. The van der Waals surface area contributed by atoms with Crippen molar-refractivity contribution in [3.63, 3.8) is 0 Å². The van der Waals surface area contributed by atoms with Gasteiger partial charge < -0.3 is 4.90 Å². The van der Waals surface area contributed by atoms with Crippen LogP contribution in [0, 0.1) is 0 Å². The maximum Gasteiger partial charge on any atom is 0.264 e. The Morgan fingerprint density at radius 2 is 1.56 bits per heavy atom. The van der Waals surface area contributed by atoms with Crippen molar-refractivity contribution in [2.75, 3.05) is 22.7 Å². The van der Waals surface area contributed by atoms with E-state index in [0.29, 0.717) is 13.1 Å². The fourth-order valence-corrected chi connectivity index (χ4v) is 3.55. The predicted octanol–water partition coefficient (Wildman–Crippen LogP) is 3.34. The summed E-state index contributed by atoms with van der Waals surface area (Å²) in [6.07, 6.45) is 2.93. The van der Waals surface area contributed by atoms with Crippen LogP contribution in [0.4, 0.5) is 11.6 Å². The van der Waals surface area contributed by atoms with Gasteiger partial charge in [0.15, 0.2) is 0 Å². The quantitative estimate of drug-likeness (QED) is 0.685. The Bertz CT molecular complexity index is 758. The van der Waals surface area contributed by atoms with Gasteiger partial charge in [0.05, 0.1) is 4.90 Å². The van der Waals surface area contributed by atoms with Crippen molar-refractivity contribution >= 4 is 44.9 Å². The minimum absolute atomic E-state index is 0.0279. The van der Waals surface area contributed by atoms with Gasteiger partial charge in [0, 0.05) is 41.9 Å². The van der Waals surface area contributed by atoms with Crippen molar-refractivity contribution in [1.82, 2.24) is 9.97 Å². The maximum absolute atomic E-state index is 12.4. The van der Waals surface area contributed by atoms with E-state index in [1.807, 2.05) is 18.7 Å². The molecule has 1 aromatic carbocycles. The Hall–Kier alpha value is -1.57. The standard InChI is InChI=1S/C16H20Cl2N4O2S/c1-12(17)10-22(11-13(2)18)14-4-6-15(7-5-14)25(23,24)21-16-19-8-3-9-20-16/h3-9,12-13H,10-11H2,1-2H3,(H,19,20,21). The normalized spacial score (nSPS) is 13.9. The van der Waals surface area contributed by atoms with Gasteiger partial charge in [0.2, 0.25) is 5.95 Å². The predicted molar refractivity (Wildman–Crippen MR) is 102 cm³/mol. The number of rotatable bonds is 8. The number of nitrogens with one attached hydrogen (secondary N) is 1. The van der Waals surface area contributed by atoms with E-state index in [4.69, 9.17) is 23.2 Å². The van der Waals surface area contributed by atoms with Crippen LogP contribution in [0.25, 0.3) is 0 Å². The van der Waals surface area contributed by atoms with Crippen LogP contribution in [0.2, 0.25) is 0 Å². The molecule has 2 aromatic rings. The highest BCUT2D eigenvalue weighted by atomic mass is 35.5. The van der Waals surface area contributed by atoms with E-state index >= 15 is 0 Å². The third kappa shape index (κ3) is 6.02. The molecule has 0 saturated heterocycles. The number of sulfonamides is 1. The van der Waals surface area contributed by atoms with Gasteiger partial charge in [-0.05, 0) is 44.2 Å². The number of anilines is 2. The monoisotopic (exact) mass is 402 g/mol. The van der Waals surface area contributed by atoms with E-state index in [9.17, 15) is 8.42 Å². The number of hydrogen-bond acceptors (Lipinski definition) is 5. The minimum atomic E-state index is -3.75. The fraction of sp³-hybridized carbons (Fsp3) is 0.375. The molecular weight excluding hydrogens is 383 g/mol. The van der Waals surface area contributed by atoms with Crippen LogP contribution >= 0.6 is 23.2 Å². The lowest BCUT2D eigenvalue weighted by Crippen LogP contribution is -2.33. The number of benzene rings is 1. The Morgan fingerprint density at radius 1 is 1.04 bits per heavy atom. The van der Waals surface area contributed by atoms with Gasteiger partial charge in [-0.1, -0.05) is 0 Å². The summed E-state index contributed by atoms with van der Waals surface area (Å²) >= 11 is 12.2. The van der Waals surface area contributed by atoms with E-state index in [1.54, 1.807) is 18.2 Å². The lowest BCUT2D eigenvalue weighted by atomic mass is 10.2. The zero-order valence-electron chi connectivity index (χ0n) is 13.9. The molecule has 1 N–H and O–H groups in total. The maximum atomic E-state index is 12.4. The summed E-state index contributed by atoms with van der Waals surface area (Å²) in [6, 6.07) is 8.14. The molecular formula is C16H20Cl2N4O2S. The molecule has 0 aliphatic carbocycles. The molecule has 2 unspecified atom stereocenters. The van der Waals surface area contributed by atoms with Gasteiger partial charge in [0.1, 0.15) is 0 Å². The lowest BCUT2D eigenvalue weighted by molar-refractivity contribution is 0.600. The van der Waals surface area contributed by atoms with Crippen molar-refractivity contribution in [1.29, 1.82) is 0 Å². The molecule has 2 rings (SSSR count). The minimum Gasteiger partial charge on any atom is -0.369 e. The number of alkyl halides is 2. The van der Waals surface area contributed by atoms with Gasteiger partial charge in [-0.15, -0.1) is 23.2 Å². The molecule has 0 amide bonds. The van der Waals surface area contributed by atoms with Crippen LogP contribution < -0.4 is 9.62 Å². The molecule has 1 heterocycles. The van der Waals surface area contributed by atoms with Gasteiger partial charge in [-0.25, -0.2) is 23.1 Å². The molecule has 0 saturated carbocycles. The summed E-state index contributed by atoms with van der Waals surface area (Å²) in [5, 5.41) is -0.119. The summed E-state index contributed by atoms with van der Waals surface area (Å²) in [4.78, 5) is 9.88. The highest BCUT2D eigenvalue weighted by Gasteiger charge is 2.17. The Morgan fingerprint density at radius 3 is 2.04 bits per heavy atom. The second-order valence-corrected chi connectivity index (χ2v) is 8.81. The van der Waals surface area contributed by atoms with Crippen LogP contribution in [-0.4, -0.2) is 42.2 Å². The molecule has 0 radical (unpaired) electrons. The zero-order valence-corrected chi connectivity index (χ0v) is 16.3. The SMILES string of the molecule is CC(Cl)CN(CC(C)Cl)c1ccc(S(=O)(=O)Nc2ncccn2)cc1. The van der Waals surface area contributed by atoms with Crippen LogP contribution in [0.1, 0.15) is 13.8 Å². The topological polar surface area (TPSA) is 75.2 Å². The number of aromatic nitrogens is 2. The third-order valence-corrected chi connectivity index (χ3v) is 4.87. The largest absolute Gasteiger partial charge is 0.369 e. The summed E-state index contributed by atoms with van der Waals surface area (Å²) in [5.41, 5.74) is 0.856. The molecule has 0 aliphatic heterocycles. The summed E-state index contributed by atoms with van der Waals surface area (Å²) < 4.78 is 27.1. The van der Waals surface area contributed by atoms with Crippen LogP contribution in [-0.2, 0) is 10.0 Å². The molecule has 0 aliphatic rings. The van der Waals surface area contributed by atoms with Crippen molar-refractivity contribution < 1.29 is 8.42 Å². The Kier molecular flexibility index (Phi) is 6.87. The van der Waals surface area contributed by atoms with Gasteiger partial charge >= 0.3 is 0 Å². The van der Waals surface area contributed by atoms with Gasteiger partial charge in [0.25, 0.3) is 10.0 Å². The van der Waals surface area contributed by atoms with Crippen molar-refractivity contribution in [2.45, 2.75) is 29.5 Å². The second-order valence-electron chi connectivity index (χ2n) is 5.64. The lowest BCUT2D eigenvalue weighted by Gasteiger charge is -2.27. The summed E-state index contributed by atoms with van der Waals surface area (Å²) in [7, 11) is -3.75. The van der Waals surface area contributed by atoms with Crippen LogP contribution in [0.15, 0.2) is 47.6 Å². The molecule has 0 bridgehead atoms. The summed E-state index contributed by atoms with van der Waals surface area (Å²) in [5.74, 6) is 0.0279. The highest BCUT2D eigenvalue weighted by Crippen LogP contribution is 2.21. The Labute approximate surface area is 158 Å². The molecule has 0 fully saturated rings. The van der Waals surface area contributed by atoms with Crippen molar-refractivity contribution in [3.8, 4) is 0 Å². The molecule has 0 spiro atoms. The number of hydrogen-bond donors (Lipinski definition) is 1. The smallest absolute Gasteiger partial charge is 0.264 e. The molecule has 25 heavy (non-hydrogen) atoms. The average Bonchev–Trinajstić information content (AvgIpc) is 2.54.